The van der Waals surface area contributed by atoms with Crippen molar-refractivity contribution in [3.63, 3.8) is 0 Å². The number of hydrogen-bond acceptors (Lipinski definition) is 6. The van der Waals surface area contributed by atoms with Crippen molar-refractivity contribution in [2.75, 3.05) is 11.9 Å². The molecule has 3 rings (SSSR count). The molecule has 0 aromatic carbocycles. The van der Waals surface area contributed by atoms with Gasteiger partial charge in [-0.2, -0.15) is 0 Å². The van der Waals surface area contributed by atoms with Crippen LogP contribution in [0.15, 0.2) is 9.32 Å². The zero-order valence-corrected chi connectivity index (χ0v) is 15.7. The standard InChI is InChI=1S/C17H21N3O5S/c1-3-24-16(22)12-10-8-6-4-5-7-9-11(10)26-15(12)18-14(21)13-17(23)25-19-20(13)2/h3-9H2,1-2H3,(H-,18,19,21,22,23)/p+1. The topological polar surface area (TPSA) is 105 Å². The molecule has 2 heterocycles. The number of amides is 1. The van der Waals surface area contributed by atoms with Crippen molar-refractivity contribution in [1.29, 1.82) is 0 Å². The monoisotopic (exact) mass is 380 g/mol. The van der Waals surface area contributed by atoms with Crippen molar-refractivity contribution < 1.29 is 23.5 Å². The molecular formula is C17H22N3O5S+. The summed E-state index contributed by atoms with van der Waals surface area (Å²) in [5.41, 5.74) is 0.455. The summed E-state index contributed by atoms with van der Waals surface area (Å²) >= 11 is 1.39. The van der Waals surface area contributed by atoms with E-state index in [1.165, 1.54) is 23.1 Å². The first-order valence-corrected chi connectivity index (χ1v) is 9.55. The van der Waals surface area contributed by atoms with Crippen LogP contribution in [0, 0.1) is 0 Å². The maximum absolute atomic E-state index is 12.5. The number of hydrogen-bond donors (Lipinski definition) is 2. The van der Waals surface area contributed by atoms with Gasteiger partial charge in [0.1, 0.15) is 5.00 Å². The maximum atomic E-state index is 12.5. The Bertz CT molecular complexity index is 880. The van der Waals surface area contributed by atoms with E-state index in [1.807, 2.05) is 0 Å². The van der Waals surface area contributed by atoms with E-state index in [0.717, 1.165) is 49.0 Å². The van der Waals surface area contributed by atoms with E-state index in [1.54, 1.807) is 6.92 Å². The molecule has 1 amide bonds. The summed E-state index contributed by atoms with van der Waals surface area (Å²) in [5, 5.41) is 5.45. The number of aryl methyl sites for hydroxylation is 2. The second kappa shape index (κ2) is 7.86. The number of rotatable bonds is 4. The number of nitrogens with one attached hydrogen (secondary N) is 2. The highest BCUT2D eigenvalue weighted by Gasteiger charge is 2.31. The number of nitrogens with zero attached hydrogens (tertiary/aromatic N) is 1. The predicted molar refractivity (Wildman–Crippen MR) is 94.6 cm³/mol. The summed E-state index contributed by atoms with van der Waals surface area (Å²) in [7, 11) is 1.50. The zero-order valence-electron chi connectivity index (χ0n) is 14.8. The number of H-pyrrole nitrogens is 1. The molecular weight excluding hydrogens is 358 g/mol. The van der Waals surface area contributed by atoms with E-state index in [9.17, 15) is 14.4 Å². The Kier molecular flexibility index (Phi) is 5.55. The highest BCUT2D eigenvalue weighted by atomic mass is 32.1. The first-order chi connectivity index (χ1) is 12.5. The van der Waals surface area contributed by atoms with E-state index in [2.05, 4.69) is 15.1 Å². The highest BCUT2D eigenvalue weighted by molar-refractivity contribution is 7.17. The lowest BCUT2D eigenvalue weighted by Gasteiger charge is -2.11. The lowest BCUT2D eigenvalue weighted by Crippen LogP contribution is -2.41. The molecule has 1 aliphatic rings. The molecule has 2 aromatic rings. The van der Waals surface area contributed by atoms with Gasteiger partial charge in [-0.05, 0) is 43.4 Å². The number of aromatic nitrogens is 2. The van der Waals surface area contributed by atoms with E-state index < -0.39 is 17.5 Å². The molecule has 8 nitrogen and oxygen atoms in total. The number of carbonyl (C=O) groups is 2. The number of esters is 1. The molecule has 0 fully saturated rings. The molecule has 140 valence electrons. The minimum atomic E-state index is -0.766. The second-order valence-corrected chi connectivity index (χ2v) is 7.29. The van der Waals surface area contributed by atoms with Gasteiger partial charge in [-0.1, -0.05) is 17.5 Å². The summed E-state index contributed by atoms with van der Waals surface area (Å²) in [5.74, 6) is -1.06. The Labute approximate surface area is 154 Å². The molecule has 1 aliphatic carbocycles. The zero-order chi connectivity index (χ0) is 18.7. The third kappa shape index (κ3) is 3.57. The van der Waals surface area contributed by atoms with Gasteiger partial charge >= 0.3 is 23.2 Å². The molecule has 0 unspecified atom stereocenters. The molecule has 2 aromatic heterocycles. The molecule has 26 heavy (non-hydrogen) atoms. The Balaban J connectivity index is 1.99. The minimum absolute atomic E-state index is 0.166. The number of anilines is 1. The van der Waals surface area contributed by atoms with Gasteiger partial charge < -0.3 is 10.1 Å². The molecule has 2 N–H and O–H groups in total. The van der Waals surface area contributed by atoms with Crippen LogP contribution >= 0.6 is 11.3 Å². The van der Waals surface area contributed by atoms with Crippen LogP contribution in [0.25, 0.3) is 0 Å². The van der Waals surface area contributed by atoms with E-state index >= 15 is 0 Å². The van der Waals surface area contributed by atoms with Gasteiger partial charge in [0.05, 0.1) is 12.2 Å². The molecule has 0 saturated heterocycles. The normalized spacial score (nSPS) is 14.2. The van der Waals surface area contributed by atoms with Crippen molar-refractivity contribution in [3.8, 4) is 0 Å². The quantitative estimate of drug-likeness (QED) is 0.623. The van der Waals surface area contributed by atoms with Crippen LogP contribution in [0.4, 0.5) is 5.00 Å². The maximum Gasteiger partial charge on any atom is 0.440 e. The second-order valence-electron chi connectivity index (χ2n) is 6.19. The van der Waals surface area contributed by atoms with Gasteiger partial charge in [0.2, 0.25) is 0 Å². The van der Waals surface area contributed by atoms with E-state index in [-0.39, 0.29) is 12.3 Å². The Morgan fingerprint density at radius 2 is 2.00 bits per heavy atom. The first kappa shape index (κ1) is 18.4. The molecule has 9 heteroatoms. The van der Waals surface area contributed by atoms with E-state index in [4.69, 9.17) is 4.74 Å². The average Bonchev–Trinajstić information content (AvgIpc) is 3.07. The third-order valence-electron chi connectivity index (χ3n) is 4.40. The molecule has 0 atom stereocenters. The van der Waals surface area contributed by atoms with Gasteiger partial charge in [-0.3, -0.25) is 9.32 Å². The van der Waals surface area contributed by atoms with Gasteiger partial charge in [-0.25, -0.2) is 9.59 Å². The van der Waals surface area contributed by atoms with Crippen LogP contribution in [0.3, 0.4) is 0 Å². The number of thiophene rings is 1. The lowest BCUT2D eigenvalue weighted by molar-refractivity contribution is -0.741. The average molecular weight is 380 g/mol. The SMILES string of the molecule is CCOC(=O)c1c(NC(=O)c2c(=O)o[nH][n+]2C)sc2c1CCCCCC2. The van der Waals surface area contributed by atoms with Crippen molar-refractivity contribution in [1.82, 2.24) is 5.27 Å². The summed E-state index contributed by atoms with van der Waals surface area (Å²) in [6.45, 7) is 2.00. The van der Waals surface area contributed by atoms with Crippen LogP contribution in [0.5, 0.6) is 0 Å². The molecule has 0 spiro atoms. The van der Waals surface area contributed by atoms with Gasteiger partial charge in [0.25, 0.3) is 0 Å². The number of ether oxygens (including phenoxy) is 1. The molecule has 0 aliphatic heterocycles. The van der Waals surface area contributed by atoms with Crippen LogP contribution in [-0.4, -0.2) is 23.8 Å². The molecule has 0 radical (unpaired) electrons. The van der Waals surface area contributed by atoms with Crippen LogP contribution in [-0.2, 0) is 24.6 Å². The Hall–Kier alpha value is -2.42. The minimum Gasteiger partial charge on any atom is -0.462 e. The van der Waals surface area contributed by atoms with Crippen molar-refractivity contribution in [2.45, 2.75) is 45.4 Å². The summed E-state index contributed by atoms with van der Waals surface area (Å²) < 4.78 is 11.0. The number of aromatic amines is 1. The fourth-order valence-electron chi connectivity index (χ4n) is 3.17. The number of carbonyl (C=O) groups excluding carboxylic acids is 2. The first-order valence-electron chi connectivity index (χ1n) is 8.73. The summed E-state index contributed by atoms with van der Waals surface area (Å²) in [6.07, 6.45) is 6.01. The highest BCUT2D eigenvalue weighted by Crippen LogP contribution is 2.37. The van der Waals surface area contributed by atoms with Crippen LogP contribution in [0.2, 0.25) is 0 Å². The lowest BCUT2D eigenvalue weighted by atomic mass is 9.96. The summed E-state index contributed by atoms with van der Waals surface area (Å²) in [6, 6.07) is 0. The van der Waals surface area contributed by atoms with Gasteiger partial charge in [0.15, 0.2) is 7.05 Å². The van der Waals surface area contributed by atoms with Crippen molar-refractivity contribution in [3.05, 3.63) is 32.1 Å². The van der Waals surface area contributed by atoms with Crippen LogP contribution < -0.4 is 15.6 Å². The Morgan fingerprint density at radius 1 is 1.27 bits per heavy atom. The van der Waals surface area contributed by atoms with E-state index in [0.29, 0.717) is 10.6 Å². The molecule has 0 saturated carbocycles. The summed E-state index contributed by atoms with van der Waals surface area (Å²) in [4.78, 5) is 37.9. The van der Waals surface area contributed by atoms with Crippen LogP contribution in [0.1, 0.15) is 63.9 Å². The predicted octanol–water partition coefficient (Wildman–Crippen LogP) is 1.94. The molecule has 0 bridgehead atoms. The fraction of sp³-hybridized carbons (Fsp3) is 0.529. The largest absolute Gasteiger partial charge is 0.462 e. The van der Waals surface area contributed by atoms with Crippen molar-refractivity contribution >= 4 is 28.2 Å². The Morgan fingerprint density at radius 3 is 2.65 bits per heavy atom. The van der Waals surface area contributed by atoms with Gasteiger partial charge in [0, 0.05) is 4.88 Å². The fourth-order valence-corrected chi connectivity index (χ4v) is 4.45. The third-order valence-corrected chi connectivity index (χ3v) is 5.60. The van der Waals surface area contributed by atoms with Crippen molar-refractivity contribution in [2.24, 2.45) is 7.05 Å². The smallest absolute Gasteiger partial charge is 0.440 e. The van der Waals surface area contributed by atoms with Gasteiger partial charge in [-0.15, -0.1) is 11.3 Å². The number of fused-ring (bicyclic) bond motifs is 1.